The summed E-state index contributed by atoms with van der Waals surface area (Å²) in [6.07, 6.45) is 0. The van der Waals surface area contributed by atoms with Gasteiger partial charge in [0.1, 0.15) is 5.69 Å². The third-order valence-corrected chi connectivity index (χ3v) is 2.98. The second-order valence-electron chi connectivity index (χ2n) is 4.12. The van der Waals surface area contributed by atoms with Crippen LogP contribution in [0.3, 0.4) is 0 Å². The molecule has 18 heavy (non-hydrogen) atoms. The smallest absolute Gasteiger partial charge is 0.352 e. The fraction of sp³-hybridized carbons (Fsp3) is 0. The number of fused-ring (bicyclic) bond motifs is 1. The number of carboxylic acid groups (broad SMARTS) is 1. The van der Waals surface area contributed by atoms with Crippen LogP contribution in [0.25, 0.3) is 22.0 Å². The predicted molar refractivity (Wildman–Crippen MR) is 70.7 cm³/mol. The first-order chi connectivity index (χ1) is 8.75. The molecule has 0 aliphatic heterocycles. The van der Waals surface area contributed by atoms with Crippen molar-refractivity contribution in [2.75, 3.05) is 0 Å². The van der Waals surface area contributed by atoms with Crippen LogP contribution in [0.2, 0.25) is 0 Å². The molecule has 1 heterocycles. The lowest BCUT2D eigenvalue weighted by atomic mass is 10.0. The van der Waals surface area contributed by atoms with Crippen molar-refractivity contribution >= 4 is 16.9 Å². The van der Waals surface area contributed by atoms with Gasteiger partial charge in [0.05, 0.1) is 0 Å². The van der Waals surface area contributed by atoms with Crippen molar-refractivity contribution in [3.63, 3.8) is 0 Å². The fourth-order valence-corrected chi connectivity index (χ4v) is 2.14. The molecule has 0 fully saturated rings. The van der Waals surface area contributed by atoms with E-state index in [1.165, 1.54) is 0 Å². The second-order valence-corrected chi connectivity index (χ2v) is 4.12. The molecule has 0 radical (unpaired) electrons. The largest absolute Gasteiger partial charge is 0.477 e. The molecule has 0 amide bonds. The summed E-state index contributed by atoms with van der Waals surface area (Å²) in [5.41, 5.74) is 3.18. The molecule has 3 nitrogen and oxygen atoms in total. The Kier molecular flexibility index (Phi) is 2.38. The van der Waals surface area contributed by atoms with Gasteiger partial charge in [-0.05, 0) is 23.3 Å². The van der Waals surface area contributed by atoms with Gasteiger partial charge in [0.15, 0.2) is 0 Å². The third kappa shape index (κ3) is 1.66. The maximum atomic E-state index is 11.0. The maximum absolute atomic E-state index is 11.0. The highest BCUT2D eigenvalue weighted by atomic mass is 16.4. The summed E-state index contributed by atoms with van der Waals surface area (Å²) in [5.74, 6) is -0.940. The highest BCUT2D eigenvalue weighted by Gasteiger charge is 2.10. The summed E-state index contributed by atoms with van der Waals surface area (Å²) in [6, 6.07) is 17.4. The summed E-state index contributed by atoms with van der Waals surface area (Å²) in [5, 5.41) is 9.95. The molecule has 0 bridgehead atoms. The Labute approximate surface area is 104 Å². The average molecular weight is 237 g/mol. The van der Waals surface area contributed by atoms with Gasteiger partial charge in [-0.1, -0.05) is 42.5 Å². The van der Waals surface area contributed by atoms with Gasteiger partial charge in [0.2, 0.25) is 0 Å². The molecule has 1 aromatic heterocycles. The first-order valence-corrected chi connectivity index (χ1v) is 5.66. The monoisotopic (exact) mass is 237 g/mol. The molecule has 0 saturated carbocycles. The van der Waals surface area contributed by atoms with Crippen molar-refractivity contribution in [1.29, 1.82) is 0 Å². The van der Waals surface area contributed by atoms with Crippen LogP contribution in [-0.2, 0) is 0 Å². The highest BCUT2D eigenvalue weighted by molar-refractivity contribution is 6.00. The molecule has 0 aliphatic carbocycles. The number of nitrogens with one attached hydrogen (secondary N) is 1. The first-order valence-electron chi connectivity index (χ1n) is 5.66. The fourth-order valence-electron chi connectivity index (χ4n) is 2.14. The van der Waals surface area contributed by atoms with Gasteiger partial charge in [-0.2, -0.15) is 0 Å². The topological polar surface area (TPSA) is 53.1 Å². The third-order valence-electron chi connectivity index (χ3n) is 2.98. The van der Waals surface area contributed by atoms with Gasteiger partial charge in [0.25, 0.3) is 0 Å². The van der Waals surface area contributed by atoms with Crippen LogP contribution < -0.4 is 0 Å². The van der Waals surface area contributed by atoms with Crippen molar-refractivity contribution in [1.82, 2.24) is 4.98 Å². The Bertz CT molecular complexity index is 714. The second kappa shape index (κ2) is 4.04. The molecule has 2 N–H and O–H groups in total. The number of hydrogen-bond donors (Lipinski definition) is 2. The average Bonchev–Trinajstić information content (AvgIpc) is 2.83. The summed E-state index contributed by atoms with van der Waals surface area (Å²) < 4.78 is 0. The zero-order valence-electron chi connectivity index (χ0n) is 9.55. The van der Waals surface area contributed by atoms with Crippen LogP contribution >= 0.6 is 0 Å². The molecular weight excluding hydrogens is 226 g/mol. The molecule has 0 saturated heterocycles. The van der Waals surface area contributed by atoms with Crippen molar-refractivity contribution in [3.8, 4) is 11.1 Å². The van der Waals surface area contributed by atoms with Crippen LogP contribution in [0.5, 0.6) is 0 Å². The number of carbonyl (C=O) groups is 1. The molecule has 0 aliphatic rings. The number of benzene rings is 2. The molecule has 3 aromatic rings. The Balaban J connectivity index is 2.27. The number of H-pyrrole nitrogens is 1. The zero-order valence-corrected chi connectivity index (χ0v) is 9.55. The van der Waals surface area contributed by atoms with Crippen LogP contribution in [0, 0.1) is 0 Å². The van der Waals surface area contributed by atoms with E-state index in [1.54, 1.807) is 6.07 Å². The molecule has 88 valence electrons. The van der Waals surface area contributed by atoms with Crippen LogP contribution in [0.1, 0.15) is 10.5 Å². The predicted octanol–water partition coefficient (Wildman–Crippen LogP) is 3.53. The molecule has 3 heteroatoms. The van der Waals surface area contributed by atoms with Crippen LogP contribution in [-0.4, -0.2) is 16.1 Å². The molecule has 0 atom stereocenters. The lowest BCUT2D eigenvalue weighted by molar-refractivity contribution is 0.0691. The molecule has 2 aromatic carbocycles. The van der Waals surface area contributed by atoms with E-state index in [4.69, 9.17) is 5.11 Å². The van der Waals surface area contributed by atoms with E-state index in [0.29, 0.717) is 0 Å². The lowest BCUT2D eigenvalue weighted by Crippen LogP contribution is -1.94. The van der Waals surface area contributed by atoms with Crippen LogP contribution in [0.4, 0.5) is 0 Å². The number of aromatic carboxylic acids is 1. The van der Waals surface area contributed by atoms with Gasteiger partial charge in [-0.3, -0.25) is 0 Å². The van der Waals surface area contributed by atoms with E-state index < -0.39 is 5.97 Å². The number of aromatic nitrogens is 1. The number of aromatic amines is 1. The van der Waals surface area contributed by atoms with Gasteiger partial charge in [-0.25, -0.2) is 4.79 Å². The molecule has 3 rings (SSSR count). The van der Waals surface area contributed by atoms with E-state index >= 15 is 0 Å². The maximum Gasteiger partial charge on any atom is 0.352 e. The number of carboxylic acids is 1. The molecule has 0 spiro atoms. The van der Waals surface area contributed by atoms with E-state index in [0.717, 1.165) is 22.0 Å². The normalized spacial score (nSPS) is 10.7. The minimum absolute atomic E-state index is 0.216. The van der Waals surface area contributed by atoms with E-state index in [2.05, 4.69) is 4.98 Å². The van der Waals surface area contributed by atoms with E-state index in [-0.39, 0.29) is 5.69 Å². The Hall–Kier alpha value is -2.55. The summed E-state index contributed by atoms with van der Waals surface area (Å²) in [7, 11) is 0. The zero-order chi connectivity index (χ0) is 12.5. The number of hydrogen-bond acceptors (Lipinski definition) is 1. The van der Waals surface area contributed by atoms with Crippen molar-refractivity contribution in [2.45, 2.75) is 0 Å². The summed E-state index contributed by atoms with van der Waals surface area (Å²) in [4.78, 5) is 13.9. The SMILES string of the molecule is O=C(O)c1cc2c(-c3ccccc3)cccc2[nH]1. The Morgan fingerprint density at radius 3 is 2.50 bits per heavy atom. The van der Waals surface area contributed by atoms with Crippen LogP contribution in [0.15, 0.2) is 54.6 Å². The van der Waals surface area contributed by atoms with Gasteiger partial charge in [-0.15, -0.1) is 0 Å². The molecular formula is C15H11NO2. The van der Waals surface area contributed by atoms with Crippen molar-refractivity contribution < 1.29 is 9.90 Å². The van der Waals surface area contributed by atoms with E-state index in [1.807, 2.05) is 48.5 Å². The summed E-state index contributed by atoms with van der Waals surface area (Å²) >= 11 is 0. The van der Waals surface area contributed by atoms with Crippen molar-refractivity contribution in [3.05, 3.63) is 60.3 Å². The Morgan fingerprint density at radius 1 is 1.00 bits per heavy atom. The summed E-state index contributed by atoms with van der Waals surface area (Å²) in [6.45, 7) is 0. The number of rotatable bonds is 2. The Morgan fingerprint density at radius 2 is 1.78 bits per heavy atom. The quantitative estimate of drug-likeness (QED) is 0.716. The van der Waals surface area contributed by atoms with Gasteiger partial charge in [0, 0.05) is 10.9 Å². The first kappa shape index (κ1) is 10.6. The van der Waals surface area contributed by atoms with E-state index in [9.17, 15) is 4.79 Å². The van der Waals surface area contributed by atoms with Crippen molar-refractivity contribution in [2.24, 2.45) is 0 Å². The minimum atomic E-state index is -0.940. The molecule has 0 unspecified atom stereocenters. The minimum Gasteiger partial charge on any atom is -0.477 e. The standard InChI is InChI=1S/C15H11NO2/c17-15(18)14-9-12-11(7-4-8-13(12)16-14)10-5-2-1-3-6-10/h1-9,16H,(H,17,18). The highest BCUT2D eigenvalue weighted by Crippen LogP contribution is 2.28. The van der Waals surface area contributed by atoms with Gasteiger partial charge < -0.3 is 10.1 Å². The lowest BCUT2D eigenvalue weighted by Gasteiger charge is -2.02. The van der Waals surface area contributed by atoms with Gasteiger partial charge >= 0.3 is 5.97 Å².